The molecule has 0 unspecified atom stereocenters. The van der Waals surface area contributed by atoms with Crippen LogP contribution < -0.4 is 0 Å². The number of nitrogens with one attached hydrogen (secondary N) is 1. The Kier molecular flexibility index (Phi) is 4.02. The molecule has 2 aromatic rings. The van der Waals surface area contributed by atoms with E-state index in [0.29, 0.717) is 24.0 Å². The first-order chi connectivity index (χ1) is 11.7. The minimum atomic E-state index is 0.0869. The van der Waals surface area contributed by atoms with Gasteiger partial charge >= 0.3 is 0 Å². The summed E-state index contributed by atoms with van der Waals surface area (Å²) in [7, 11) is 0. The maximum Gasteiger partial charge on any atom is 0.253 e. The molecule has 2 fully saturated rings. The molecule has 2 aliphatic heterocycles. The molecular formula is C17H21N5O2. The fraction of sp³-hybridized carbons (Fsp3) is 0.529. The van der Waals surface area contributed by atoms with Crippen molar-refractivity contribution < 1.29 is 9.53 Å². The van der Waals surface area contributed by atoms with Gasteiger partial charge in [0.15, 0.2) is 5.82 Å². The van der Waals surface area contributed by atoms with E-state index in [1.165, 1.54) is 0 Å². The number of H-pyrrole nitrogens is 1. The van der Waals surface area contributed by atoms with E-state index in [1.54, 1.807) is 24.5 Å². The number of hydrogen-bond acceptors (Lipinski definition) is 5. The summed E-state index contributed by atoms with van der Waals surface area (Å²) < 4.78 is 6.01. The van der Waals surface area contributed by atoms with Crippen LogP contribution in [-0.4, -0.2) is 56.8 Å². The zero-order valence-corrected chi connectivity index (χ0v) is 13.7. The summed E-state index contributed by atoms with van der Waals surface area (Å²) in [5.74, 6) is 2.61. The second-order valence-corrected chi connectivity index (χ2v) is 6.61. The normalized spacial score (nSPS) is 26.4. The summed E-state index contributed by atoms with van der Waals surface area (Å²) >= 11 is 0. The number of hydrogen-bond donors (Lipinski definition) is 1. The van der Waals surface area contributed by atoms with E-state index in [9.17, 15) is 4.79 Å². The van der Waals surface area contributed by atoms with Crippen molar-refractivity contribution in [3.8, 4) is 0 Å². The molecular weight excluding hydrogens is 306 g/mol. The third-order valence-electron chi connectivity index (χ3n) is 5.04. The van der Waals surface area contributed by atoms with Gasteiger partial charge in [-0.1, -0.05) is 0 Å². The highest BCUT2D eigenvalue weighted by Crippen LogP contribution is 2.36. The second-order valence-electron chi connectivity index (χ2n) is 6.61. The fourth-order valence-electron chi connectivity index (χ4n) is 3.82. The van der Waals surface area contributed by atoms with Gasteiger partial charge in [0.1, 0.15) is 5.82 Å². The van der Waals surface area contributed by atoms with Crippen molar-refractivity contribution in [2.24, 2.45) is 11.8 Å². The third-order valence-corrected chi connectivity index (χ3v) is 5.04. The molecule has 4 rings (SSSR count). The summed E-state index contributed by atoms with van der Waals surface area (Å²) in [6.07, 6.45) is 5.18. The van der Waals surface area contributed by atoms with E-state index in [2.05, 4.69) is 20.2 Å². The lowest BCUT2D eigenvalue weighted by atomic mass is 9.83. The molecule has 0 aromatic carbocycles. The van der Waals surface area contributed by atoms with Gasteiger partial charge in [0.05, 0.1) is 12.7 Å². The maximum absolute atomic E-state index is 12.6. The smallest absolute Gasteiger partial charge is 0.253 e. The second kappa shape index (κ2) is 6.32. The van der Waals surface area contributed by atoms with Gasteiger partial charge in [-0.25, -0.2) is 4.98 Å². The van der Waals surface area contributed by atoms with Gasteiger partial charge in [-0.05, 0) is 31.4 Å². The Labute approximate surface area is 140 Å². The SMILES string of the molecule is Cc1nc(C[C@H]2OC[C@H]3CN(C(=O)c4ccncc4)CC[C@H]32)n[nH]1. The van der Waals surface area contributed by atoms with Crippen LogP contribution >= 0.6 is 0 Å². The van der Waals surface area contributed by atoms with Gasteiger partial charge in [-0.3, -0.25) is 14.9 Å². The molecule has 7 heteroatoms. The number of amides is 1. The topological polar surface area (TPSA) is 84.0 Å². The Morgan fingerprint density at radius 3 is 3.00 bits per heavy atom. The minimum Gasteiger partial charge on any atom is -0.377 e. The molecule has 7 nitrogen and oxygen atoms in total. The lowest BCUT2D eigenvalue weighted by molar-refractivity contribution is 0.0610. The van der Waals surface area contributed by atoms with Crippen LogP contribution in [0.4, 0.5) is 0 Å². The first-order valence-electron chi connectivity index (χ1n) is 8.39. The summed E-state index contributed by atoms with van der Waals surface area (Å²) in [5.41, 5.74) is 0.704. The molecule has 126 valence electrons. The molecule has 0 radical (unpaired) electrons. The highest BCUT2D eigenvalue weighted by Gasteiger charge is 2.42. The van der Waals surface area contributed by atoms with Crippen molar-refractivity contribution in [1.82, 2.24) is 25.1 Å². The van der Waals surface area contributed by atoms with Crippen molar-refractivity contribution in [2.75, 3.05) is 19.7 Å². The van der Waals surface area contributed by atoms with E-state index >= 15 is 0 Å². The number of likely N-dealkylation sites (tertiary alicyclic amines) is 1. The van der Waals surface area contributed by atoms with E-state index in [1.807, 2.05) is 11.8 Å². The van der Waals surface area contributed by atoms with Crippen LogP contribution in [0.5, 0.6) is 0 Å². The van der Waals surface area contributed by atoms with Crippen LogP contribution in [0.25, 0.3) is 0 Å². The largest absolute Gasteiger partial charge is 0.377 e. The average molecular weight is 327 g/mol. The molecule has 2 aliphatic rings. The van der Waals surface area contributed by atoms with Crippen LogP contribution in [0.15, 0.2) is 24.5 Å². The highest BCUT2D eigenvalue weighted by molar-refractivity contribution is 5.94. The van der Waals surface area contributed by atoms with Crippen molar-refractivity contribution in [3.63, 3.8) is 0 Å². The monoisotopic (exact) mass is 327 g/mol. The van der Waals surface area contributed by atoms with E-state index in [4.69, 9.17) is 4.74 Å². The number of carbonyl (C=O) groups excluding carboxylic acids is 1. The zero-order valence-electron chi connectivity index (χ0n) is 13.7. The van der Waals surface area contributed by atoms with Gasteiger partial charge in [-0.15, -0.1) is 0 Å². The minimum absolute atomic E-state index is 0.0869. The average Bonchev–Trinajstić information content (AvgIpc) is 3.21. The molecule has 1 amide bonds. The molecule has 3 atom stereocenters. The molecule has 4 heterocycles. The summed E-state index contributed by atoms with van der Waals surface area (Å²) in [6.45, 7) is 4.14. The maximum atomic E-state index is 12.6. The van der Waals surface area contributed by atoms with Gasteiger partial charge in [-0.2, -0.15) is 5.10 Å². The molecule has 1 N–H and O–H groups in total. The third kappa shape index (κ3) is 2.91. The predicted octanol–water partition coefficient (Wildman–Crippen LogP) is 1.23. The van der Waals surface area contributed by atoms with Crippen LogP contribution in [0.2, 0.25) is 0 Å². The molecule has 0 spiro atoms. The fourth-order valence-corrected chi connectivity index (χ4v) is 3.82. The number of carbonyl (C=O) groups is 1. The Balaban J connectivity index is 1.40. The molecule has 0 bridgehead atoms. The van der Waals surface area contributed by atoms with Gasteiger partial charge in [0.2, 0.25) is 0 Å². The number of rotatable bonds is 3. The van der Waals surface area contributed by atoms with Crippen molar-refractivity contribution in [2.45, 2.75) is 25.9 Å². The number of pyridine rings is 1. The Bertz CT molecular complexity index is 717. The zero-order chi connectivity index (χ0) is 16.5. The van der Waals surface area contributed by atoms with E-state index in [0.717, 1.165) is 37.6 Å². The van der Waals surface area contributed by atoms with Crippen LogP contribution in [0, 0.1) is 18.8 Å². The first-order valence-corrected chi connectivity index (χ1v) is 8.39. The number of piperidine rings is 1. The number of ether oxygens (including phenoxy) is 1. The molecule has 0 aliphatic carbocycles. The van der Waals surface area contributed by atoms with Gasteiger partial charge < -0.3 is 9.64 Å². The van der Waals surface area contributed by atoms with Crippen molar-refractivity contribution in [3.05, 3.63) is 41.7 Å². The summed E-state index contributed by atoms with van der Waals surface area (Å²) in [4.78, 5) is 22.9. The predicted molar refractivity (Wildman–Crippen MR) is 86.3 cm³/mol. The van der Waals surface area contributed by atoms with Gasteiger partial charge in [0.25, 0.3) is 5.91 Å². The molecule has 2 aromatic heterocycles. The Morgan fingerprint density at radius 2 is 2.25 bits per heavy atom. The summed E-state index contributed by atoms with van der Waals surface area (Å²) in [5, 5.41) is 7.09. The Morgan fingerprint density at radius 1 is 1.42 bits per heavy atom. The van der Waals surface area contributed by atoms with E-state index in [-0.39, 0.29) is 12.0 Å². The standard InChI is InChI=1S/C17H21N5O2/c1-11-19-16(21-20-11)8-15-14-4-7-22(9-13(14)10-24-15)17(23)12-2-5-18-6-3-12/h2-3,5-6,13-15H,4,7-10H2,1H3,(H,19,20,21)/t13-,14-,15-/m1/s1. The number of aromatic amines is 1. The van der Waals surface area contributed by atoms with Crippen LogP contribution in [-0.2, 0) is 11.2 Å². The lowest BCUT2D eigenvalue weighted by Gasteiger charge is -2.35. The quantitative estimate of drug-likeness (QED) is 0.916. The van der Waals surface area contributed by atoms with Crippen LogP contribution in [0.3, 0.4) is 0 Å². The number of nitrogens with zero attached hydrogens (tertiary/aromatic N) is 4. The number of aromatic nitrogens is 4. The molecule has 0 saturated carbocycles. The Hall–Kier alpha value is -2.28. The van der Waals surface area contributed by atoms with E-state index < -0.39 is 0 Å². The lowest BCUT2D eigenvalue weighted by Crippen LogP contribution is -2.44. The highest BCUT2D eigenvalue weighted by atomic mass is 16.5. The molecule has 2 saturated heterocycles. The van der Waals surface area contributed by atoms with Crippen molar-refractivity contribution >= 4 is 5.91 Å². The van der Waals surface area contributed by atoms with Gasteiger partial charge in [0, 0.05) is 43.4 Å². The number of fused-ring (bicyclic) bond motifs is 1. The first kappa shape index (κ1) is 15.3. The molecule has 24 heavy (non-hydrogen) atoms. The van der Waals surface area contributed by atoms with Crippen LogP contribution in [0.1, 0.15) is 28.4 Å². The number of aryl methyl sites for hydroxylation is 1. The summed E-state index contributed by atoms with van der Waals surface area (Å²) in [6, 6.07) is 3.54. The van der Waals surface area contributed by atoms with Crippen molar-refractivity contribution in [1.29, 1.82) is 0 Å².